The summed E-state index contributed by atoms with van der Waals surface area (Å²) < 4.78 is 17.7. The first-order valence-corrected chi connectivity index (χ1v) is 35.7. The Labute approximate surface area is 521 Å². The van der Waals surface area contributed by atoms with Gasteiger partial charge in [0.15, 0.2) is 12.4 Å². The predicted molar refractivity (Wildman–Crippen MR) is 356 cm³/mol. The zero-order valence-electron chi connectivity index (χ0n) is 55.0. The zero-order chi connectivity index (χ0) is 61.7. The molecule has 0 aliphatic carbocycles. The minimum absolute atomic E-state index is 0.118. The van der Waals surface area contributed by atoms with Crippen molar-refractivity contribution in [1.29, 1.82) is 0 Å². The lowest BCUT2D eigenvalue weighted by Crippen LogP contribution is -2.61. The van der Waals surface area contributed by atoms with Crippen molar-refractivity contribution < 1.29 is 49.3 Å². The van der Waals surface area contributed by atoms with Crippen LogP contribution in [0.2, 0.25) is 0 Å². The molecule has 1 rings (SSSR count). The zero-order valence-corrected chi connectivity index (χ0v) is 55.0. The third-order valence-corrected chi connectivity index (χ3v) is 16.6. The van der Waals surface area contributed by atoms with Gasteiger partial charge in [-0.1, -0.05) is 293 Å². The number of ether oxygens (including phenoxy) is 3. The molecule has 0 aromatic carbocycles. The number of hydrogen-bond donors (Lipinski definition) is 6. The van der Waals surface area contributed by atoms with E-state index in [0.717, 1.165) is 83.5 Å². The Morgan fingerprint density at radius 2 is 0.812 bits per heavy atom. The molecule has 0 radical (unpaired) electrons. The fourth-order valence-electron chi connectivity index (χ4n) is 10.9. The lowest BCUT2D eigenvalue weighted by molar-refractivity contribution is -0.305. The second-order valence-electron chi connectivity index (χ2n) is 24.6. The van der Waals surface area contributed by atoms with Crippen molar-refractivity contribution in [3.63, 3.8) is 0 Å². The molecular weight excluding hydrogens is 1060 g/mol. The van der Waals surface area contributed by atoms with Crippen molar-refractivity contribution in [2.75, 3.05) is 13.2 Å². The van der Waals surface area contributed by atoms with Gasteiger partial charge in [0.25, 0.3) is 0 Å². The number of aliphatic hydroxyl groups excluding tert-OH is 5. The van der Waals surface area contributed by atoms with Gasteiger partial charge in [-0.3, -0.25) is 9.59 Å². The van der Waals surface area contributed by atoms with Gasteiger partial charge in [-0.15, -0.1) is 0 Å². The normalized spacial score (nSPS) is 18.8. The molecule has 0 aromatic heterocycles. The van der Waals surface area contributed by atoms with E-state index < -0.39 is 67.4 Å². The lowest BCUT2D eigenvalue weighted by atomic mass is 9.99. The van der Waals surface area contributed by atoms with Crippen LogP contribution in [0.3, 0.4) is 0 Å². The molecule has 1 saturated heterocycles. The van der Waals surface area contributed by atoms with Crippen molar-refractivity contribution in [3.05, 3.63) is 72.9 Å². The summed E-state index contributed by atoms with van der Waals surface area (Å²) in [7, 11) is 0. The molecule has 0 saturated carbocycles. The molecule has 0 aromatic rings. The molecule has 0 bridgehead atoms. The van der Waals surface area contributed by atoms with Crippen LogP contribution in [0.5, 0.6) is 0 Å². The van der Waals surface area contributed by atoms with Crippen LogP contribution >= 0.6 is 0 Å². The quantitative estimate of drug-likeness (QED) is 0.0195. The molecule has 8 unspecified atom stereocenters. The number of unbranched alkanes of at least 4 members (excludes halogenated alkanes) is 37. The first-order valence-electron chi connectivity index (χ1n) is 35.7. The maximum absolute atomic E-state index is 13.5. The Morgan fingerprint density at radius 3 is 1.24 bits per heavy atom. The van der Waals surface area contributed by atoms with Crippen LogP contribution in [0.15, 0.2) is 72.9 Å². The monoisotopic (exact) mass is 1200 g/mol. The Hall–Kier alpha value is -2.90. The second-order valence-corrected chi connectivity index (χ2v) is 24.6. The number of carbonyl (C=O) groups is 2. The molecule has 1 fully saturated rings. The Kier molecular flexibility index (Phi) is 57.8. The molecule has 1 aliphatic heterocycles. The van der Waals surface area contributed by atoms with Crippen molar-refractivity contribution in [3.8, 4) is 0 Å². The molecule has 11 nitrogen and oxygen atoms in total. The summed E-state index contributed by atoms with van der Waals surface area (Å²) >= 11 is 0. The molecule has 1 aliphatic rings. The summed E-state index contributed by atoms with van der Waals surface area (Å²) in [5.41, 5.74) is 0. The third-order valence-electron chi connectivity index (χ3n) is 16.6. The molecule has 494 valence electrons. The van der Waals surface area contributed by atoms with Crippen molar-refractivity contribution in [1.82, 2.24) is 5.32 Å². The fraction of sp³-hybridized carbons (Fsp3) is 0.811. The maximum atomic E-state index is 13.5. The highest BCUT2D eigenvalue weighted by Crippen LogP contribution is 2.26. The molecule has 85 heavy (non-hydrogen) atoms. The second kappa shape index (κ2) is 61.3. The first kappa shape index (κ1) is 80.1. The molecule has 6 N–H and O–H groups in total. The van der Waals surface area contributed by atoms with Crippen molar-refractivity contribution >= 4 is 11.9 Å². The van der Waals surface area contributed by atoms with Gasteiger partial charge in [-0.2, -0.15) is 0 Å². The van der Waals surface area contributed by atoms with Crippen LogP contribution in [0.1, 0.15) is 323 Å². The summed E-state index contributed by atoms with van der Waals surface area (Å²) in [5, 5.41) is 57.2. The van der Waals surface area contributed by atoms with Crippen molar-refractivity contribution in [2.24, 2.45) is 0 Å². The number of esters is 1. The van der Waals surface area contributed by atoms with Gasteiger partial charge in [0, 0.05) is 6.42 Å². The van der Waals surface area contributed by atoms with E-state index >= 15 is 0 Å². The molecular formula is C74H133NO10. The van der Waals surface area contributed by atoms with Gasteiger partial charge in [0.1, 0.15) is 24.4 Å². The Balaban J connectivity index is 2.54. The van der Waals surface area contributed by atoms with Crippen molar-refractivity contribution in [2.45, 2.75) is 372 Å². The van der Waals surface area contributed by atoms with Crippen LogP contribution in [0.4, 0.5) is 0 Å². The number of allylic oxidation sites excluding steroid dienone is 11. The molecule has 11 heteroatoms. The van der Waals surface area contributed by atoms with Gasteiger partial charge in [0.2, 0.25) is 5.91 Å². The van der Waals surface area contributed by atoms with Crippen LogP contribution < -0.4 is 5.32 Å². The van der Waals surface area contributed by atoms with E-state index in [-0.39, 0.29) is 19.4 Å². The van der Waals surface area contributed by atoms with E-state index in [9.17, 15) is 35.1 Å². The van der Waals surface area contributed by atoms with Crippen LogP contribution in [0.25, 0.3) is 0 Å². The molecule has 1 amide bonds. The number of amides is 1. The summed E-state index contributed by atoms with van der Waals surface area (Å²) in [5.74, 6) is -1.19. The highest BCUT2D eigenvalue weighted by Gasteiger charge is 2.47. The number of carbonyl (C=O) groups excluding carboxylic acids is 2. The van der Waals surface area contributed by atoms with E-state index in [1.54, 1.807) is 6.08 Å². The summed E-state index contributed by atoms with van der Waals surface area (Å²) in [6, 6.07) is -1.03. The fourth-order valence-corrected chi connectivity index (χ4v) is 10.9. The van der Waals surface area contributed by atoms with Gasteiger partial charge < -0.3 is 45.1 Å². The van der Waals surface area contributed by atoms with Crippen LogP contribution in [0, 0.1) is 0 Å². The minimum Gasteiger partial charge on any atom is -0.454 e. The van der Waals surface area contributed by atoms with Gasteiger partial charge in [-0.05, 0) is 96.3 Å². The molecule has 8 atom stereocenters. The number of hydrogen-bond acceptors (Lipinski definition) is 10. The highest BCUT2D eigenvalue weighted by molar-refractivity contribution is 5.80. The summed E-state index contributed by atoms with van der Waals surface area (Å²) in [4.78, 5) is 26.7. The average Bonchev–Trinajstić information content (AvgIpc) is 3.59. The molecule has 1 heterocycles. The summed E-state index contributed by atoms with van der Waals surface area (Å²) in [6.45, 7) is 5.76. The minimum atomic E-state index is -1.62. The van der Waals surface area contributed by atoms with E-state index in [1.807, 2.05) is 6.08 Å². The highest BCUT2D eigenvalue weighted by atomic mass is 16.7. The number of aliphatic hydroxyl groups is 5. The largest absolute Gasteiger partial charge is 0.454 e. The van der Waals surface area contributed by atoms with Crippen LogP contribution in [-0.4, -0.2) is 99.6 Å². The Morgan fingerprint density at radius 1 is 0.459 bits per heavy atom. The third kappa shape index (κ3) is 48.7. The predicted octanol–water partition coefficient (Wildman–Crippen LogP) is 18.3. The number of rotatable bonds is 61. The lowest BCUT2D eigenvalue weighted by Gasteiger charge is -2.41. The SMILES string of the molecule is CCCCC/C=C\C/C=C\C/C=C\CCCCCCCCCCCCCCCC(O)C(=O)NC(COC1OC(CO)C(O)C(O)C1OC(=O)CCCCCCCCCCC/C=C\C/C=C\CCCCC)C(O)/C=C/CCCCCCCCCCC. The van der Waals surface area contributed by atoms with E-state index in [0.29, 0.717) is 12.8 Å². The molecule has 0 spiro atoms. The topological polar surface area (TPSA) is 175 Å². The Bertz CT molecular complexity index is 1660. The van der Waals surface area contributed by atoms with E-state index in [1.165, 1.54) is 193 Å². The smallest absolute Gasteiger partial charge is 0.306 e. The first-order chi connectivity index (χ1) is 41.7. The number of nitrogens with one attached hydrogen (secondary N) is 1. The van der Waals surface area contributed by atoms with Crippen LogP contribution in [-0.2, 0) is 23.8 Å². The maximum Gasteiger partial charge on any atom is 0.306 e. The van der Waals surface area contributed by atoms with Gasteiger partial charge in [-0.25, -0.2) is 0 Å². The van der Waals surface area contributed by atoms with E-state index in [4.69, 9.17) is 14.2 Å². The average molecular weight is 1200 g/mol. The van der Waals surface area contributed by atoms with E-state index in [2.05, 4.69) is 86.8 Å². The standard InChI is InChI=1S/C74H133NO10/c1-4-7-10-13-16-19-22-24-26-28-30-31-32-33-34-35-36-38-39-41-43-46-49-52-55-58-61-67(78)73(82)75-65(66(77)60-57-54-51-48-45-21-18-15-12-9-6-3)64-83-74-72(71(81)70(80)68(63-76)84-74)85-69(79)62-59-56-53-50-47-44-42-40-37-29-27-25-23-20-17-14-11-8-5-2/h16-17,19-20,24-27,30-31,57,60,65-68,70-72,74,76-78,80-81H,4-15,18,21-23,28-29,32-56,58-59,61-64H2,1-3H3,(H,75,82)/b19-16-,20-17-,26-24-,27-25-,31-30-,60-57+. The van der Waals surface area contributed by atoms with Gasteiger partial charge in [0.05, 0.1) is 25.4 Å². The summed E-state index contributed by atoms with van der Waals surface area (Å²) in [6.07, 6.45) is 69.4. The van der Waals surface area contributed by atoms with Gasteiger partial charge >= 0.3 is 5.97 Å².